The van der Waals surface area contributed by atoms with Gasteiger partial charge in [0.1, 0.15) is 11.6 Å². The average Bonchev–Trinajstić information content (AvgIpc) is 2.74. The van der Waals surface area contributed by atoms with Gasteiger partial charge in [0.2, 0.25) is 0 Å². The maximum atomic E-state index is 14.8. The van der Waals surface area contributed by atoms with Gasteiger partial charge < -0.3 is 0 Å². The molecule has 4 heteroatoms. The van der Waals surface area contributed by atoms with Crippen LogP contribution in [0.2, 0.25) is 0 Å². The van der Waals surface area contributed by atoms with E-state index in [4.69, 9.17) is 9.97 Å². The van der Waals surface area contributed by atoms with Crippen molar-refractivity contribution in [2.75, 3.05) is 0 Å². The molecule has 2 aliphatic carbocycles. The van der Waals surface area contributed by atoms with Gasteiger partial charge in [-0.2, -0.15) is 0 Å². The highest BCUT2D eigenvalue weighted by atomic mass is 19.1. The summed E-state index contributed by atoms with van der Waals surface area (Å²) in [5.41, 5.74) is 3.40. The third-order valence-electron chi connectivity index (χ3n) is 7.36. The molecule has 0 saturated heterocycles. The molecular weight excluding hydrogens is 378 g/mol. The van der Waals surface area contributed by atoms with Crippen molar-refractivity contribution in [3.63, 3.8) is 0 Å². The summed E-state index contributed by atoms with van der Waals surface area (Å²) >= 11 is 0. The Morgan fingerprint density at radius 2 is 1.57 bits per heavy atom. The summed E-state index contributed by atoms with van der Waals surface area (Å²) in [5, 5.41) is 0. The van der Waals surface area contributed by atoms with Gasteiger partial charge in [0.25, 0.3) is 0 Å². The molecule has 2 nitrogen and oxygen atoms in total. The second-order valence-electron chi connectivity index (χ2n) is 9.11. The SMILES string of the molecule is C[C@H]1CCC[C@@]2(C)c3nc(-c4ccccc4F)nc(-c4ccccc4F)c3CC[C@H]12. The van der Waals surface area contributed by atoms with E-state index in [0.717, 1.165) is 36.9 Å². The van der Waals surface area contributed by atoms with E-state index in [1.165, 1.54) is 18.6 Å². The summed E-state index contributed by atoms with van der Waals surface area (Å²) in [4.78, 5) is 9.72. The summed E-state index contributed by atoms with van der Waals surface area (Å²) in [5.74, 6) is 0.857. The zero-order valence-electron chi connectivity index (χ0n) is 17.5. The minimum Gasteiger partial charge on any atom is -0.232 e. The van der Waals surface area contributed by atoms with Crippen LogP contribution in [-0.4, -0.2) is 9.97 Å². The highest BCUT2D eigenvalue weighted by Crippen LogP contribution is 2.53. The zero-order valence-corrected chi connectivity index (χ0v) is 17.5. The van der Waals surface area contributed by atoms with Gasteiger partial charge in [0, 0.05) is 16.5 Å². The van der Waals surface area contributed by atoms with Crippen LogP contribution in [0.5, 0.6) is 0 Å². The van der Waals surface area contributed by atoms with Gasteiger partial charge in [0.15, 0.2) is 5.82 Å². The molecule has 1 saturated carbocycles. The Balaban J connectivity index is 1.80. The van der Waals surface area contributed by atoms with Gasteiger partial charge in [-0.25, -0.2) is 18.7 Å². The van der Waals surface area contributed by atoms with E-state index in [-0.39, 0.29) is 17.0 Å². The molecule has 30 heavy (non-hydrogen) atoms. The third kappa shape index (κ3) is 2.96. The quantitative estimate of drug-likeness (QED) is 0.473. The molecule has 0 aliphatic heterocycles. The molecule has 3 aromatic rings. The van der Waals surface area contributed by atoms with E-state index >= 15 is 0 Å². The first-order valence-corrected chi connectivity index (χ1v) is 10.9. The number of benzene rings is 2. The predicted octanol–water partition coefficient (Wildman–Crippen LogP) is 6.73. The number of hydrogen-bond acceptors (Lipinski definition) is 2. The lowest BCUT2D eigenvalue weighted by molar-refractivity contribution is 0.113. The van der Waals surface area contributed by atoms with E-state index in [2.05, 4.69) is 13.8 Å². The highest BCUT2D eigenvalue weighted by Gasteiger charge is 2.47. The van der Waals surface area contributed by atoms with Crippen LogP contribution in [0.15, 0.2) is 48.5 Å². The molecular formula is C26H26F2N2. The minimum atomic E-state index is -0.355. The lowest BCUT2D eigenvalue weighted by Crippen LogP contribution is -2.44. The molecule has 1 aromatic heterocycles. The van der Waals surface area contributed by atoms with Crippen LogP contribution in [0.25, 0.3) is 22.6 Å². The van der Waals surface area contributed by atoms with Crippen molar-refractivity contribution < 1.29 is 8.78 Å². The topological polar surface area (TPSA) is 25.8 Å². The molecule has 154 valence electrons. The van der Waals surface area contributed by atoms with Crippen LogP contribution in [0.1, 0.15) is 50.8 Å². The Morgan fingerprint density at radius 1 is 0.900 bits per heavy atom. The summed E-state index contributed by atoms with van der Waals surface area (Å²) in [6.45, 7) is 4.64. The maximum absolute atomic E-state index is 14.8. The van der Waals surface area contributed by atoms with Crippen molar-refractivity contribution in [2.24, 2.45) is 11.8 Å². The molecule has 5 rings (SSSR count). The molecule has 2 aliphatic rings. The first kappa shape index (κ1) is 19.3. The summed E-state index contributed by atoms with van der Waals surface area (Å²) in [7, 11) is 0. The number of halogens is 2. The number of rotatable bonds is 2. The maximum Gasteiger partial charge on any atom is 0.163 e. The van der Waals surface area contributed by atoms with Gasteiger partial charge >= 0.3 is 0 Å². The number of fused-ring (bicyclic) bond motifs is 3. The Hall–Kier alpha value is -2.62. The normalized spacial score (nSPS) is 25.5. The number of nitrogens with zero attached hydrogens (tertiary/aromatic N) is 2. The predicted molar refractivity (Wildman–Crippen MR) is 115 cm³/mol. The fourth-order valence-electron chi connectivity index (χ4n) is 5.83. The molecule has 0 spiro atoms. The lowest BCUT2D eigenvalue weighted by Gasteiger charge is -2.49. The van der Waals surface area contributed by atoms with Gasteiger partial charge in [-0.3, -0.25) is 0 Å². The summed E-state index contributed by atoms with van der Waals surface area (Å²) < 4.78 is 29.5. The molecule has 0 unspecified atom stereocenters. The smallest absolute Gasteiger partial charge is 0.163 e. The standard InChI is InChI=1S/C26H26F2N2/c1-16-8-7-15-26(2)20(16)14-13-19-23(17-9-3-5-11-21(17)27)29-25(30-24(19)26)18-10-4-6-12-22(18)28/h3-6,9-12,16,20H,7-8,13-15H2,1-2H3/t16-,20+,26+/m0/s1. The van der Waals surface area contributed by atoms with Gasteiger partial charge in [-0.1, -0.05) is 51.0 Å². The summed E-state index contributed by atoms with van der Waals surface area (Å²) in [6, 6.07) is 13.3. The molecule has 1 fully saturated rings. The molecule has 3 atom stereocenters. The van der Waals surface area contributed by atoms with Crippen LogP contribution in [-0.2, 0) is 11.8 Å². The largest absolute Gasteiger partial charge is 0.232 e. The molecule has 0 radical (unpaired) electrons. The van der Waals surface area contributed by atoms with E-state index in [0.29, 0.717) is 34.5 Å². The lowest BCUT2D eigenvalue weighted by atomic mass is 9.56. The number of aromatic nitrogens is 2. The minimum absolute atomic E-state index is 0.0891. The van der Waals surface area contributed by atoms with Crippen molar-refractivity contribution >= 4 is 0 Å². The van der Waals surface area contributed by atoms with E-state index < -0.39 is 0 Å². The van der Waals surface area contributed by atoms with E-state index in [9.17, 15) is 8.78 Å². The van der Waals surface area contributed by atoms with E-state index in [1.54, 1.807) is 30.3 Å². The molecule has 1 heterocycles. The monoisotopic (exact) mass is 404 g/mol. The van der Waals surface area contributed by atoms with Gasteiger partial charge in [0.05, 0.1) is 17.0 Å². The molecule has 0 amide bonds. The fraction of sp³-hybridized carbons (Fsp3) is 0.385. The Labute approximate surface area is 176 Å². The zero-order chi connectivity index (χ0) is 20.9. The van der Waals surface area contributed by atoms with Crippen LogP contribution in [0, 0.1) is 23.5 Å². The molecule has 0 bridgehead atoms. The second kappa shape index (κ2) is 7.26. The highest BCUT2D eigenvalue weighted by molar-refractivity contribution is 5.69. The van der Waals surface area contributed by atoms with Crippen LogP contribution in [0.3, 0.4) is 0 Å². The van der Waals surface area contributed by atoms with Crippen LogP contribution in [0.4, 0.5) is 8.78 Å². The second-order valence-corrected chi connectivity index (χ2v) is 9.11. The fourth-order valence-corrected chi connectivity index (χ4v) is 5.83. The first-order chi connectivity index (χ1) is 14.5. The summed E-state index contributed by atoms with van der Waals surface area (Å²) in [6.07, 6.45) is 5.35. The van der Waals surface area contributed by atoms with Crippen molar-refractivity contribution in [3.05, 3.63) is 71.4 Å². The van der Waals surface area contributed by atoms with Crippen molar-refractivity contribution in [3.8, 4) is 22.6 Å². The van der Waals surface area contributed by atoms with Crippen LogP contribution >= 0.6 is 0 Å². The van der Waals surface area contributed by atoms with Crippen molar-refractivity contribution in [2.45, 2.75) is 51.4 Å². The van der Waals surface area contributed by atoms with Crippen LogP contribution < -0.4 is 0 Å². The molecule has 0 N–H and O–H groups in total. The van der Waals surface area contributed by atoms with Crippen molar-refractivity contribution in [1.29, 1.82) is 0 Å². The van der Waals surface area contributed by atoms with E-state index in [1.807, 2.05) is 6.07 Å². The van der Waals surface area contributed by atoms with Gasteiger partial charge in [-0.05, 0) is 55.4 Å². The third-order valence-corrected chi connectivity index (χ3v) is 7.36. The van der Waals surface area contributed by atoms with Crippen molar-refractivity contribution in [1.82, 2.24) is 9.97 Å². The average molecular weight is 405 g/mol. The Bertz CT molecular complexity index is 1110. The van der Waals surface area contributed by atoms with Gasteiger partial charge in [-0.15, -0.1) is 0 Å². The molecule has 2 aromatic carbocycles. The first-order valence-electron chi connectivity index (χ1n) is 10.9. The Morgan fingerprint density at radius 3 is 2.27 bits per heavy atom. The number of hydrogen-bond donors (Lipinski definition) is 0. The Kier molecular flexibility index (Phi) is 4.68.